The third-order valence-corrected chi connectivity index (χ3v) is 2.33. The summed E-state index contributed by atoms with van der Waals surface area (Å²) < 4.78 is 0. The Labute approximate surface area is 80.4 Å². The van der Waals surface area contributed by atoms with Crippen LogP contribution in [-0.4, -0.2) is 9.97 Å². The van der Waals surface area contributed by atoms with Crippen LogP contribution in [0.4, 0.5) is 0 Å². The van der Waals surface area contributed by atoms with Crippen LogP contribution in [0.1, 0.15) is 51.1 Å². The van der Waals surface area contributed by atoms with Gasteiger partial charge >= 0.3 is 0 Å². The molecule has 2 heteroatoms. The molecule has 1 rings (SSSR count). The van der Waals surface area contributed by atoms with Crippen LogP contribution in [0.5, 0.6) is 0 Å². The van der Waals surface area contributed by atoms with Crippen molar-refractivity contribution in [3.8, 4) is 0 Å². The summed E-state index contributed by atoms with van der Waals surface area (Å²) in [7, 11) is 0. The van der Waals surface area contributed by atoms with E-state index in [0.29, 0.717) is 5.92 Å². The van der Waals surface area contributed by atoms with Crippen LogP contribution < -0.4 is 0 Å². The summed E-state index contributed by atoms with van der Waals surface area (Å²) in [6, 6.07) is 0. The SMILES string of the molecule is CCCCCC(C)c1cnccn1. The molecule has 0 saturated carbocycles. The Balaban J connectivity index is 2.35. The van der Waals surface area contributed by atoms with Crippen LogP contribution >= 0.6 is 0 Å². The highest BCUT2D eigenvalue weighted by Gasteiger charge is 2.05. The summed E-state index contributed by atoms with van der Waals surface area (Å²) in [6.45, 7) is 4.45. The van der Waals surface area contributed by atoms with Gasteiger partial charge in [-0.3, -0.25) is 9.97 Å². The lowest BCUT2D eigenvalue weighted by Crippen LogP contribution is -1.97. The first-order valence-electron chi connectivity index (χ1n) is 5.10. The summed E-state index contributed by atoms with van der Waals surface area (Å²) in [5, 5.41) is 0. The predicted molar refractivity (Wildman–Crippen MR) is 54.6 cm³/mol. The molecule has 0 aromatic carbocycles. The first kappa shape index (κ1) is 10.2. The van der Waals surface area contributed by atoms with Crippen molar-refractivity contribution in [2.24, 2.45) is 0 Å². The van der Waals surface area contributed by atoms with Crippen LogP contribution in [-0.2, 0) is 0 Å². The number of hydrogen-bond acceptors (Lipinski definition) is 2. The second-order valence-corrected chi connectivity index (χ2v) is 3.53. The topological polar surface area (TPSA) is 25.8 Å². The van der Waals surface area contributed by atoms with Gasteiger partial charge < -0.3 is 0 Å². The van der Waals surface area contributed by atoms with Gasteiger partial charge in [0.05, 0.1) is 5.69 Å². The normalized spacial score (nSPS) is 12.8. The summed E-state index contributed by atoms with van der Waals surface area (Å²) in [5.41, 5.74) is 1.12. The minimum absolute atomic E-state index is 0.556. The van der Waals surface area contributed by atoms with Gasteiger partial charge in [-0.25, -0.2) is 0 Å². The molecule has 1 unspecified atom stereocenters. The molecule has 0 aliphatic heterocycles. The van der Waals surface area contributed by atoms with E-state index in [2.05, 4.69) is 23.8 Å². The van der Waals surface area contributed by atoms with E-state index in [9.17, 15) is 0 Å². The van der Waals surface area contributed by atoms with Crippen LogP contribution in [0.2, 0.25) is 0 Å². The summed E-state index contributed by atoms with van der Waals surface area (Å²) in [5.74, 6) is 0.556. The highest BCUT2D eigenvalue weighted by atomic mass is 14.8. The maximum absolute atomic E-state index is 4.29. The van der Waals surface area contributed by atoms with E-state index in [1.807, 2.05) is 6.20 Å². The Kier molecular flexibility index (Phi) is 4.44. The minimum Gasteiger partial charge on any atom is -0.261 e. The second-order valence-electron chi connectivity index (χ2n) is 3.53. The van der Waals surface area contributed by atoms with Crippen molar-refractivity contribution in [3.63, 3.8) is 0 Å². The van der Waals surface area contributed by atoms with Gasteiger partial charge in [-0.2, -0.15) is 0 Å². The Bertz CT molecular complexity index is 221. The maximum Gasteiger partial charge on any atom is 0.0614 e. The van der Waals surface area contributed by atoms with Gasteiger partial charge in [-0.15, -0.1) is 0 Å². The molecule has 72 valence electrons. The van der Waals surface area contributed by atoms with E-state index in [0.717, 1.165) is 5.69 Å². The van der Waals surface area contributed by atoms with Crippen LogP contribution in [0, 0.1) is 0 Å². The maximum atomic E-state index is 4.29. The summed E-state index contributed by atoms with van der Waals surface area (Å²) in [6.07, 6.45) is 10.5. The molecule has 0 bridgehead atoms. The largest absolute Gasteiger partial charge is 0.261 e. The Morgan fingerprint density at radius 1 is 1.31 bits per heavy atom. The summed E-state index contributed by atoms with van der Waals surface area (Å²) in [4.78, 5) is 8.37. The van der Waals surface area contributed by atoms with Gasteiger partial charge in [-0.1, -0.05) is 33.1 Å². The molecule has 0 spiro atoms. The van der Waals surface area contributed by atoms with Crippen LogP contribution in [0.25, 0.3) is 0 Å². The molecule has 2 nitrogen and oxygen atoms in total. The molecule has 0 aliphatic rings. The lowest BCUT2D eigenvalue weighted by Gasteiger charge is -2.08. The molecule has 0 saturated heterocycles. The van der Waals surface area contributed by atoms with Crippen molar-refractivity contribution in [2.45, 2.75) is 45.4 Å². The molecule has 0 radical (unpaired) electrons. The zero-order chi connectivity index (χ0) is 9.52. The van der Waals surface area contributed by atoms with Gasteiger partial charge in [0.2, 0.25) is 0 Å². The number of hydrogen-bond donors (Lipinski definition) is 0. The smallest absolute Gasteiger partial charge is 0.0614 e. The van der Waals surface area contributed by atoms with Crippen molar-refractivity contribution in [1.82, 2.24) is 9.97 Å². The van der Waals surface area contributed by atoms with Crippen LogP contribution in [0.3, 0.4) is 0 Å². The van der Waals surface area contributed by atoms with Crippen molar-refractivity contribution in [3.05, 3.63) is 24.3 Å². The quantitative estimate of drug-likeness (QED) is 0.647. The van der Waals surface area contributed by atoms with E-state index in [1.165, 1.54) is 25.7 Å². The van der Waals surface area contributed by atoms with E-state index in [-0.39, 0.29) is 0 Å². The third-order valence-electron chi connectivity index (χ3n) is 2.33. The van der Waals surface area contributed by atoms with E-state index < -0.39 is 0 Å². The molecule has 1 aromatic rings. The third kappa shape index (κ3) is 3.53. The lowest BCUT2D eigenvalue weighted by atomic mass is 10.0. The van der Waals surface area contributed by atoms with Crippen molar-refractivity contribution in [2.75, 3.05) is 0 Å². The molecule has 1 atom stereocenters. The lowest BCUT2D eigenvalue weighted by molar-refractivity contribution is 0.586. The molecule has 0 amide bonds. The summed E-state index contributed by atoms with van der Waals surface area (Å²) >= 11 is 0. The van der Waals surface area contributed by atoms with E-state index >= 15 is 0 Å². The monoisotopic (exact) mass is 178 g/mol. The molecule has 13 heavy (non-hydrogen) atoms. The van der Waals surface area contributed by atoms with Crippen molar-refractivity contribution < 1.29 is 0 Å². The first-order chi connectivity index (χ1) is 6.34. The molecule has 0 aliphatic carbocycles. The highest BCUT2D eigenvalue weighted by Crippen LogP contribution is 2.18. The predicted octanol–water partition coefficient (Wildman–Crippen LogP) is 3.16. The Morgan fingerprint density at radius 2 is 2.15 bits per heavy atom. The fraction of sp³-hybridized carbons (Fsp3) is 0.636. The van der Waals surface area contributed by atoms with Crippen molar-refractivity contribution in [1.29, 1.82) is 0 Å². The molecular formula is C11H18N2. The second kappa shape index (κ2) is 5.68. The van der Waals surface area contributed by atoms with Gasteiger partial charge in [0.15, 0.2) is 0 Å². The van der Waals surface area contributed by atoms with E-state index in [4.69, 9.17) is 0 Å². The van der Waals surface area contributed by atoms with Gasteiger partial charge in [-0.05, 0) is 12.3 Å². The van der Waals surface area contributed by atoms with Crippen molar-refractivity contribution >= 4 is 0 Å². The Morgan fingerprint density at radius 3 is 2.77 bits per heavy atom. The van der Waals surface area contributed by atoms with Gasteiger partial charge in [0.1, 0.15) is 0 Å². The highest BCUT2D eigenvalue weighted by molar-refractivity contribution is 5.01. The van der Waals surface area contributed by atoms with Crippen LogP contribution in [0.15, 0.2) is 18.6 Å². The number of nitrogens with zero attached hydrogens (tertiary/aromatic N) is 2. The van der Waals surface area contributed by atoms with Gasteiger partial charge in [0.25, 0.3) is 0 Å². The Hall–Kier alpha value is -0.920. The number of aromatic nitrogens is 2. The first-order valence-corrected chi connectivity index (χ1v) is 5.10. The molecular weight excluding hydrogens is 160 g/mol. The molecule has 1 aromatic heterocycles. The molecule has 0 fully saturated rings. The molecule has 1 heterocycles. The number of rotatable bonds is 5. The average molecular weight is 178 g/mol. The number of unbranched alkanes of at least 4 members (excludes halogenated alkanes) is 2. The zero-order valence-corrected chi connectivity index (χ0v) is 8.53. The standard InChI is InChI=1S/C11H18N2/c1-3-4-5-6-10(2)11-9-12-7-8-13-11/h7-10H,3-6H2,1-2H3. The molecule has 0 N–H and O–H groups in total. The zero-order valence-electron chi connectivity index (χ0n) is 8.53. The average Bonchev–Trinajstić information content (AvgIpc) is 2.19. The fourth-order valence-corrected chi connectivity index (χ4v) is 1.41. The minimum atomic E-state index is 0.556. The fourth-order valence-electron chi connectivity index (χ4n) is 1.41. The van der Waals surface area contributed by atoms with Gasteiger partial charge in [0, 0.05) is 18.6 Å². The van der Waals surface area contributed by atoms with E-state index in [1.54, 1.807) is 12.4 Å².